The van der Waals surface area contributed by atoms with Crippen LogP contribution in [0, 0.1) is 0 Å². The predicted molar refractivity (Wildman–Crippen MR) is 163 cm³/mol. The Morgan fingerprint density at radius 2 is 1.87 bits per heavy atom. The van der Waals surface area contributed by atoms with Crippen molar-refractivity contribution >= 4 is 17.6 Å². The molecule has 1 aliphatic heterocycles. The lowest BCUT2D eigenvalue weighted by Gasteiger charge is -2.34. The highest BCUT2D eigenvalue weighted by Gasteiger charge is 2.33. The SMILES string of the molecule is CCOc1cc(-c2ccc(OC(F)F)cc2C(=O)N2CC(F)C2)cc(NC(=O)c2cc(CNC[C@H](C)OC)cn(C3CC3)c2=O)n1. The number of carbonyl (C=O) groups is 2. The van der Waals surface area contributed by atoms with Crippen molar-refractivity contribution in [2.24, 2.45) is 0 Å². The molecule has 5 rings (SSSR count). The molecule has 2 aromatic heterocycles. The third kappa shape index (κ3) is 7.85. The van der Waals surface area contributed by atoms with Gasteiger partial charge in [-0.25, -0.2) is 4.39 Å². The summed E-state index contributed by atoms with van der Waals surface area (Å²) in [6.07, 6.45) is 2.24. The Bertz CT molecular complexity index is 1640. The minimum atomic E-state index is -3.12. The first-order valence-corrected chi connectivity index (χ1v) is 15.0. The molecule has 0 unspecified atom stereocenters. The Morgan fingerprint density at radius 1 is 1.11 bits per heavy atom. The van der Waals surface area contributed by atoms with Gasteiger partial charge < -0.3 is 34.3 Å². The summed E-state index contributed by atoms with van der Waals surface area (Å²) < 4.78 is 56.6. The van der Waals surface area contributed by atoms with Crippen LogP contribution in [0.4, 0.5) is 19.0 Å². The molecule has 1 saturated carbocycles. The van der Waals surface area contributed by atoms with Crippen LogP contribution in [0.15, 0.2) is 47.4 Å². The number of aromatic nitrogens is 2. The summed E-state index contributed by atoms with van der Waals surface area (Å²) in [5.41, 5.74) is 0.886. The number of ether oxygens (including phenoxy) is 3. The predicted octanol–water partition coefficient (Wildman–Crippen LogP) is 4.42. The van der Waals surface area contributed by atoms with E-state index in [2.05, 4.69) is 20.4 Å². The molecule has 11 nitrogen and oxygen atoms in total. The van der Waals surface area contributed by atoms with Crippen LogP contribution in [-0.2, 0) is 11.3 Å². The highest BCUT2D eigenvalue weighted by molar-refractivity contribution is 6.05. The Hall–Kier alpha value is -4.43. The monoisotopic (exact) mass is 643 g/mol. The molecular weight excluding hydrogens is 607 g/mol. The van der Waals surface area contributed by atoms with Gasteiger partial charge in [-0.05, 0) is 73.7 Å². The number of anilines is 1. The van der Waals surface area contributed by atoms with E-state index in [4.69, 9.17) is 9.47 Å². The van der Waals surface area contributed by atoms with Gasteiger partial charge in [-0.15, -0.1) is 0 Å². The maximum atomic E-state index is 13.6. The summed E-state index contributed by atoms with van der Waals surface area (Å²) in [7, 11) is 1.62. The van der Waals surface area contributed by atoms with Crippen LogP contribution in [-0.4, -0.2) is 78.5 Å². The standard InChI is InChI=1S/C32H36F3N5O6/c1-4-45-28-11-20(24-8-7-23(46-32(34)35)12-25(24)30(42)39-16-21(33)17-39)10-27(37-28)38-29(41)26-9-19(14-36-13-18(2)44-3)15-40(31(26)43)22-5-6-22/h7-12,15,18,21-22,32,36H,4-6,13-14,16-17H2,1-3H3,(H,37,38,41)/t18-/m0/s1. The molecule has 14 heteroatoms. The lowest BCUT2D eigenvalue weighted by molar-refractivity contribution is -0.0499. The van der Waals surface area contributed by atoms with Crippen LogP contribution < -0.4 is 25.7 Å². The normalized spacial score (nSPS) is 15.4. The highest BCUT2D eigenvalue weighted by atomic mass is 19.3. The minimum Gasteiger partial charge on any atom is -0.478 e. The number of pyridine rings is 2. The van der Waals surface area contributed by atoms with E-state index in [1.165, 1.54) is 41.3 Å². The zero-order valence-electron chi connectivity index (χ0n) is 25.7. The van der Waals surface area contributed by atoms with Gasteiger partial charge >= 0.3 is 6.61 Å². The van der Waals surface area contributed by atoms with Gasteiger partial charge in [0.1, 0.15) is 23.3 Å². The number of nitrogens with zero attached hydrogens (tertiary/aromatic N) is 3. The maximum absolute atomic E-state index is 13.6. The Balaban J connectivity index is 1.48. The fourth-order valence-corrected chi connectivity index (χ4v) is 5.07. The van der Waals surface area contributed by atoms with Crippen molar-refractivity contribution in [3.8, 4) is 22.8 Å². The topological polar surface area (TPSA) is 124 Å². The van der Waals surface area contributed by atoms with Gasteiger partial charge in [0.05, 0.1) is 31.4 Å². The third-order valence-corrected chi connectivity index (χ3v) is 7.67. The van der Waals surface area contributed by atoms with Crippen molar-refractivity contribution in [3.63, 3.8) is 0 Å². The van der Waals surface area contributed by atoms with Crippen LogP contribution in [0.1, 0.15) is 59.0 Å². The summed E-state index contributed by atoms with van der Waals surface area (Å²) in [5, 5.41) is 5.96. The third-order valence-electron chi connectivity index (χ3n) is 7.67. The molecule has 0 bridgehead atoms. The number of amides is 2. The number of halogens is 3. The molecule has 246 valence electrons. The number of hydrogen-bond donors (Lipinski definition) is 2. The molecule has 2 fully saturated rings. The van der Waals surface area contributed by atoms with E-state index in [-0.39, 0.29) is 60.4 Å². The molecule has 3 heterocycles. The number of hydrogen-bond acceptors (Lipinski definition) is 8. The van der Waals surface area contributed by atoms with Crippen LogP contribution in [0.2, 0.25) is 0 Å². The van der Waals surface area contributed by atoms with E-state index < -0.39 is 30.2 Å². The largest absolute Gasteiger partial charge is 0.478 e. The van der Waals surface area contributed by atoms with Gasteiger partial charge in [-0.3, -0.25) is 14.4 Å². The number of methoxy groups -OCH3 is 1. The number of alkyl halides is 3. The lowest BCUT2D eigenvalue weighted by atomic mass is 9.97. The molecule has 1 atom stereocenters. The van der Waals surface area contributed by atoms with E-state index in [1.807, 2.05) is 6.92 Å². The number of likely N-dealkylation sites (tertiary alicyclic amines) is 1. The van der Waals surface area contributed by atoms with Crippen LogP contribution in [0.3, 0.4) is 0 Å². The lowest BCUT2D eigenvalue weighted by Crippen LogP contribution is -2.51. The highest BCUT2D eigenvalue weighted by Crippen LogP contribution is 2.35. The molecule has 0 radical (unpaired) electrons. The van der Waals surface area contributed by atoms with E-state index in [1.54, 1.807) is 24.8 Å². The van der Waals surface area contributed by atoms with Crippen molar-refractivity contribution in [1.29, 1.82) is 0 Å². The van der Waals surface area contributed by atoms with Crippen molar-refractivity contribution in [2.45, 2.75) is 58.2 Å². The van der Waals surface area contributed by atoms with E-state index >= 15 is 0 Å². The van der Waals surface area contributed by atoms with Crippen LogP contribution in [0.25, 0.3) is 11.1 Å². The average Bonchev–Trinajstić information content (AvgIpc) is 3.85. The second-order valence-corrected chi connectivity index (χ2v) is 11.2. The Morgan fingerprint density at radius 3 is 2.52 bits per heavy atom. The molecule has 1 aromatic carbocycles. The van der Waals surface area contributed by atoms with Crippen LogP contribution >= 0.6 is 0 Å². The summed E-state index contributed by atoms with van der Waals surface area (Å²) >= 11 is 0. The van der Waals surface area contributed by atoms with E-state index in [0.717, 1.165) is 18.4 Å². The molecule has 2 N–H and O–H groups in total. The molecule has 46 heavy (non-hydrogen) atoms. The van der Waals surface area contributed by atoms with E-state index in [0.29, 0.717) is 24.2 Å². The van der Waals surface area contributed by atoms with Crippen LogP contribution in [0.5, 0.6) is 11.6 Å². The van der Waals surface area contributed by atoms with Crippen molar-refractivity contribution in [3.05, 3.63) is 69.6 Å². The quantitative estimate of drug-likeness (QED) is 0.265. The number of benzene rings is 1. The van der Waals surface area contributed by atoms with Gasteiger partial charge in [0.25, 0.3) is 17.4 Å². The number of carbonyl (C=O) groups excluding carboxylic acids is 2. The molecule has 1 aliphatic carbocycles. The molecule has 1 saturated heterocycles. The first-order chi connectivity index (χ1) is 22.1. The molecule has 2 aliphatic rings. The maximum Gasteiger partial charge on any atom is 0.387 e. The molecular formula is C32H36F3N5O6. The zero-order chi connectivity index (χ0) is 33.0. The molecule has 0 spiro atoms. The number of rotatable bonds is 14. The Kier molecular flexibility index (Phi) is 10.3. The first-order valence-electron chi connectivity index (χ1n) is 15.0. The van der Waals surface area contributed by atoms with E-state index in [9.17, 15) is 27.6 Å². The van der Waals surface area contributed by atoms with Crippen molar-refractivity contribution in [1.82, 2.24) is 19.8 Å². The second kappa shape index (κ2) is 14.3. The summed E-state index contributed by atoms with van der Waals surface area (Å²) in [6.45, 7) is 1.50. The minimum absolute atomic E-state index is 0.00807. The van der Waals surface area contributed by atoms with Crippen molar-refractivity contribution in [2.75, 3.05) is 38.7 Å². The summed E-state index contributed by atoms with van der Waals surface area (Å²) in [4.78, 5) is 45.9. The van der Waals surface area contributed by atoms with Crippen molar-refractivity contribution < 1.29 is 37.0 Å². The molecule has 2 amide bonds. The molecule has 3 aromatic rings. The fraction of sp³-hybridized carbons (Fsp3) is 0.438. The first kappa shape index (κ1) is 32.9. The summed E-state index contributed by atoms with van der Waals surface area (Å²) in [6, 6.07) is 8.43. The van der Waals surface area contributed by atoms with Gasteiger partial charge in [-0.1, -0.05) is 0 Å². The van der Waals surface area contributed by atoms with Gasteiger partial charge in [0.2, 0.25) is 5.88 Å². The average molecular weight is 644 g/mol. The van der Waals surface area contributed by atoms with Gasteiger partial charge in [0, 0.05) is 38.5 Å². The number of nitrogens with one attached hydrogen (secondary N) is 2. The second-order valence-electron chi connectivity index (χ2n) is 11.2. The summed E-state index contributed by atoms with van der Waals surface area (Å²) in [5.74, 6) is -1.38. The zero-order valence-corrected chi connectivity index (χ0v) is 25.7. The fourth-order valence-electron chi connectivity index (χ4n) is 5.07. The smallest absolute Gasteiger partial charge is 0.387 e. The van der Waals surface area contributed by atoms with Gasteiger partial charge in [0.15, 0.2) is 0 Å². The van der Waals surface area contributed by atoms with Gasteiger partial charge in [-0.2, -0.15) is 13.8 Å². The Labute approximate surface area is 263 Å².